The lowest BCUT2D eigenvalue weighted by atomic mass is 9.76. The molecule has 5 heteroatoms. The first-order valence-electron chi connectivity index (χ1n) is 7.30. The lowest BCUT2D eigenvalue weighted by molar-refractivity contribution is 0.0810. The fourth-order valence-electron chi connectivity index (χ4n) is 3.27. The van der Waals surface area contributed by atoms with Gasteiger partial charge in [0.05, 0.1) is 0 Å². The van der Waals surface area contributed by atoms with E-state index in [2.05, 4.69) is 26.1 Å². The van der Waals surface area contributed by atoms with Gasteiger partial charge in [0.2, 0.25) is 0 Å². The number of aromatic hydroxyl groups is 1. The lowest BCUT2D eigenvalue weighted by Crippen LogP contribution is -2.48. The number of benzene rings is 1. The van der Waals surface area contributed by atoms with Crippen molar-refractivity contribution in [2.45, 2.75) is 25.3 Å². The predicted molar refractivity (Wildman–Crippen MR) is 80.3 cm³/mol. The standard InChI is InChI=1S/C15H20BrFN2O/c16-11-4-5-12(17)15(20)13(11)14(10-2-1-3-10)19-8-6-18-7-9-19/h4-5,10,14,18,20H,1-3,6-9H2/t14-/m0/s1. The van der Waals surface area contributed by atoms with Gasteiger partial charge in [-0.1, -0.05) is 22.4 Å². The molecule has 3 nitrogen and oxygen atoms in total. The summed E-state index contributed by atoms with van der Waals surface area (Å²) in [5, 5.41) is 13.5. The molecule has 1 saturated heterocycles. The molecule has 2 N–H and O–H groups in total. The SMILES string of the molecule is Oc1c(F)ccc(Br)c1[C@H](C1CCC1)N1CCNCC1. The Morgan fingerprint density at radius 1 is 1.30 bits per heavy atom. The Balaban J connectivity index is 1.98. The van der Waals surface area contributed by atoms with E-state index in [1.165, 1.54) is 12.5 Å². The molecule has 0 aromatic heterocycles. The van der Waals surface area contributed by atoms with Crippen molar-refractivity contribution in [3.05, 3.63) is 28.0 Å². The summed E-state index contributed by atoms with van der Waals surface area (Å²) in [4.78, 5) is 2.39. The average Bonchev–Trinajstić information content (AvgIpc) is 2.41. The van der Waals surface area contributed by atoms with Crippen LogP contribution in [0.1, 0.15) is 30.9 Å². The van der Waals surface area contributed by atoms with Gasteiger partial charge in [-0.2, -0.15) is 0 Å². The number of phenolic OH excluding ortho intramolecular Hbond substituents is 1. The van der Waals surface area contributed by atoms with Crippen molar-refractivity contribution < 1.29 is 9.50 Å². The van der Waals surface area contributed by atoms with E-state index in [9.17, 15) is 9.50 Å². The average molecular weight is 343 g/mol. The number of rotatable bonds is 3. The van der Waals surface area contributed by atoms with Crippen LogP contribution >= 0.6 is 15.9 Å². The van der Waals surface area contributed by atoms with Crippen molar-refractivity contribution in [2.75, 3.05) is 26.2 Å². The summed E-state index contributed by atoms with van der Waals surface area (Å²) in [5.74, 6) is -0.186. The largest absolute Gasteiger partial charge is 0.505 e. The van der Waals surface area contributed by atoms with Crippen LogP contribution in [-0.4, -0.2) is 36.2 Å². The summed E-state index contributed by atoms with van der Waals surface area (Å²) in [6, 6.07) is 3.15. The molecule has 0 amide bonds. The van der Waals surface area contributed by atoms with Gasteiger partial charge in [-0.15, -0.1) is 0 Å². The summed E-state index contributed by atoms with van der Waals surface area (Å²) in [6.45, 7) is 3.81. The third kappa shape index (κ3) is 2.59. The molecular formula is C15H20BrFN2O. The molecular weight excluding hydrogens is 323 g/mol. The smallest absolute Gasteiger partial charge is 0.165 e. The Bertz CT molecular complexity index is 487. The second kappa shape index (κ2) is 6.00. The first-order chi connectivity index (χ1) is 9.68. The number of piperazine rings is 1. The highest BCUT2D eigenvalue weighted by Gasteiger charge is 2.36. The van der Waals surface area contributed by atoms with Crippen molar-refractivity contribution in [1.82, 2.24) is 10.2 Å². The van der Waals surface area contributed by atoms with Crippen LogP contribution in [-0.2, 0) is 0 Å². The molecule has 1 saturated carbocycles. The summed E-state index contributed by atoms with van der Waals surface area (Å²) >= 11 is 3.50. The number of halogens is 2. The molecule has 1 aromatic carbocycles. The zero-order valence-corrected chi connectivity index (χ0v) is 13.0. The Morgan fingerprint density at radius 3 is 2.60 bits per heavy atom. The highest BCUT2D eigenvalue weighted by atomic mass is 79.9. The summed E-state index contributed by atoms with van der Waals surface area (Å²) in [7, 11) is 0. The van der Waals surface area contributed by atoms with E-state index in [1.54, 1.807) is 6.07 Å². The van der Waals surface area contributed by atoms with Gasteiger partial charge in [0.1, 0.15) is 0 Å². The van der Waals surface area contributed by atoms with Crippen LogP contribution in [0.2, 0.25) is 0 Å². The summed E-state index contributed by atoms with van der Waals surface area (Å²) in [6.07, 6.45) is 3.56. The van der Waals surface area contributed by atoms with Gasteiger partial charge in [-0.3, -0.25) is 4.90 Å². The van der Waals surface area contributed by atoms with Crippen molar-refractivity contribution in [3.8, 4) is 5.75 Å². The molecule has 3 rings (SSSR count). The summed E-state index contributed by atoms with van der Waals surface area (Å²) in [5.41, 5.74) is 0.733. The Morgan fingerprint density at radius 2 is 2.00 bits per heavy atom. The van der Waals surface area contributed by atoms with Gasteiger partial charge in [-0.25, -0.2) is 4.39 Å². The molecule has 0 bridgehead atoms. The Kier molecular flexibility index (Phi) is 4.29. The van der Waals surface area contributed by atoms with Crippen molar-refractivity contribution in [2.24, 2.45) is 5.92 Å². The van der Waals surface area contributed by atoms with Crippen molar-refractivity contribution in [3.63, 3.8) is 0 Å². The number of hydrogen-bond donors (Lipinski definition) is 2. The van der Waals surface area contributed by atoms with Crippen LogP contribution in [0.4, 0.5) is 4.39 Å². The van der Waals surface area contributed by atoms with E-state index in [4.69, 9.17) is 0 Å². The maximum Gasteiger partial charge on any atom is 0.165 e. The Labute approximate surface area is 127 Å². The van der Waals surface area contributed by atoms with Crippen LogP contribution < -0.4 is 5.32 Å². The van der Waals surface area contributed by atoms with Crippen LogP contribution in [0.5, 0.6) is 5.75 Å². The van der Waals surface area contributed by atoms with Gasteiger partial charge < -0.3 is 10.4 Å². The van der Waals surface area contributed by atoms with Crippen LogP contribution in [0.3, 0.4) is 0 Å². The molecule has 0 unspecified atom stereocenters. The minimum atomic E-state index is -0.525. The molecule has 1 heterocycles. The van der Waals surface area contributed by atoms with E-state index in [0.717, 1.165) is 49.1 Å². The normalized spacial score (nSPS) is 22.5. The molecule has 1 aliphatic heterocycles. The van der Waals surface area contributed by atoms with Gasteiger partial charge >= 0.3 is 0 Å². The number of hydrogen-bond acceptors (Lipinski definition) is 3. The van der Waals surface area contributed by atoms with Crippen LogP contribution in [0.25, 0.3) is 0 Å². The molecule has 0 spiro atoms. The van der Waals surface area contributed by atoms with E-state index in [0.29, 0.717) is 5.92 Å². The molecule has 20 heavy (non-hydrogen) atoms. The third-order valence-electron chi connectivity index (χ3n) is 4.55. The van der Waals surface area contributed by atoms with Gasteiger partial charge in [0.15, 0.2) is 11.6 Å². The fraction of sp³-hybridized carbons (Fsp3) is 0.600. The second-order valence-corrected chi connectivity index (χ2v) is 6.57. The van der Waals surface area contributed by atoms with Gasteiger partial charge in [0.25, 0.3) is 0 Å². The van der Waals surface area contributed by atoms with E-state index in [1.807, 2.05) is 0 Å². The van der Waals surface area contributed by atoms with Gasteiger partial charge in [0, 0.05) is 42.3 Å². The quantitative estimate of drug-likeness (QED) is 0.886. The fourth-order valence-corrected chi connectivity index (χ4v) is 3.82. The first-order valence-corrected chi connectivity index (χ1v) is 8.09. The maximum atomic E-state index is 13.8. The molecule has 1 aliphatic carbocycles. The molecule has 0 radical (unpaired) electrons. The zero-order valence-electron chi connectivity index (χ0n) is 11.4. The van der Waals surface area contributed by atoms with Gasteiger partial charge in [-0.05, 0) is 30.9 Å². The highest BCUT2D eigenvalue weighted by molar-refractivity contribution is 9.10. The zero-order chi connectivity index (χ0) is 14.1. The number of nitrogens with zero attached hydrogens (tertiary/aromatic N) is 1. The molecule has 2 aliphatic rings. The molecule has 1 atom stereocenters. The molecule has 110 valence electrons. The van der Waals surface area contributed by atoms with Crippen LogP contribution in [0, 0.1) is 11.7 Å². The van der Waals surface area contributed by atoms with Crippen LogP contribution in [0.15, 0.2) is 16.6 Å². The third-order valence-corrected chi connectivity index (χ3v) is 5.24. The Hall–Kier alpha value is -0.650. The molecule has 2 fully saturated rings. The maximum absolute atomic E-state index is 13.8. The lowest BCUT2D eigenvalue weighted by Gasteiger charge is -2.43. The summed E-state index contributed by atoms with van der Waals surface area (Å²) < 4.78 is 14.6. The number of phenols is 1. The minimum absolute atomic E-state index is 0.121. The van der Waals surface area contributed by atoms with E-state index >= 15 is 0 Å². The molecule has 1 aromatic rings. The predicted octanol–water partition coefficient (Wildman–Crippen LogP) is 3.04. The second-order valence-electron chi connectivity index (χ2n) is 5.71. The first kappa shape index (κ1) is 14.3. The number of nitrogens with one attached hydrogen (secondary N) is 1. The van der Waals surface area contributed by atoms with E-state index < -0.39 is 5.82 Å². The highest BCUT2D eigenvalue weighted by Crippen LogP contribution is 2.47. The monoisotopic (exact) mass is 342 g/mol. The van der Waals surface area contributed by atoms with Crippen molar-refractivity contribution >= 4 is 15.9 Å². The minimum Gasteiger partial charge on any atom is -0.505 e. The topological polar surface area (TPSA) is 35.5 Å². The van der Waals surface area contributed by atoms with Crippen molar-refractivity contribution in [1.29, 1.82) is 0 Å². The van der Waals surface area contributed by atoms with E-state index in [-0.39, 0.29) is 11.8 Å².